The van der Waals surface area contributed by atoms with E-state index in [2.05, 4.69) is 20.3 Å². The third-order valence-electron chi connectivity index (χ3n) is 1.75. The predicted molar refractivity (Wildman–Crippen MR) is 54.3 cm³/mol. The summed E-state index contributed by atoms with van der Waals surface area (Å²) < 4.78 is 0. The molecule has 0 spiro atoms. The van der Waals surface area contributed by atoms with Gasteiger partial charge in [0, 0.05) is 6.20 Å². The normalized spacial score (nSPS) is 9.27. The molecule has 0 radical (unpaired) electrons. The van der Waals surface area contributed by atoms with Crippen LogP contribution in [0.4, 0.5) is 11.5 Å². The van der Waals surface area contributed by atoms with Crippen molar-refractivity contribution in [1.82, 2.24) is 15.0 Å². The van der Waals surface area contributed by atoms with Crippen LogP contribution in [0.3, 0.4) is 0 Å². The highest BCUT2D eigenvalue weighted by molar-refractivity contribution is 5.60. The van der Waals surface area contributed by atoms with E-state index in [4.69, 9.17) is 5.26 Å². The Bertz CT molecular complexity index is 489. The van der Waals surface area contributed by atoms with Gasteiger partial charge in [-0.25, -0.2) is 15.0 Å². The maximum absolute atomic E-state index is 8.84. The van der Waals surface area contributed by atoms with Crippen molar-refractivity contribution in [2.45, 2.75) is 0 Å². The van der Waals surface area contributed by atoms with Gasteiger partial charge in [0.2, 0.25) is 0 Å². The van der Waals surface area contributed by atoms with E-state index >= 15 is 0 Å². The van der Waals surface area contributed by atoms with Crippen molar-refractivity contribution in [1.29, 1.82) is 5.26 Å². The number of hydrogen-bond donors (Lipinski definition) is 1. The Morgan fingerprint density at radius 2 is 2.07 bits per heavy atom. The van der Waals surface area contributed by atoms with Crippen LogP contribution < -0.4 is 5.32 Å². The fourth-order valence-corrected chi connectivity index (χ4v) is 1.10. The molecule has 0 aliphatic heterocycles. The number of anilines is 2. The van der Waals surface area contributed by atoms with Gasteiger partial charge in [-0.05, 0) is 12.1 Å². The van der Waals surface area contributed by atoms with Crippen LogP contribution in [0, 0.1) is 11.3 Å². The van der Waals surface area contributed by atoms with E-state index in [9.17, 15) is 0 Å². The number of pyridine rings is 1. The van der Waals surface area contributed by atoms with Crippen LogP contribution in [0.1, 0.15) is 5.56 Å². The van der Waals surface area contributed by atoms with Crippen molar-refractivity contribution < 1.29 is 0 Å². The topological polar surface area (TPSA) is 74.5 Å². The lowest BCUT2D eigenvalue weighted by molar-refractivity contribution is 1.16. The van der Waals surface area contributed by atoms with Crippen molar-refractivity contribution in [2.75, 3.05) is 5.32 Å². The van der Waals surface area contributed by atoms with Crippen LogP contribution in [0.15, 0.2) is 37.1 Å². The number of nitriles is 1. The molecule has 1 N–H and O–H groups in total. The molecule has 2 heterocycles. The standard InChI is InChI=1S/C10H7N5/c11-4-8-2-1-3-14-10(8)15-9-5-12-7-13-6-9/h1-3,5-7H,(H,14,15). The highest BCUT2D eigenvalue weighted by Gasteiger charge is 2.01. The Morgan fingerprint density at radius 3 is 2.80 bits per heavy atom. The minimum atomic E-state index is 0.487. The Balaban J connectivity index is 2.29. The first kappa shape index (κ1) is 9.09. The molecule has 15 heavy (non-hydrogen) atoms. The molecular weight excluding hydrogens is 190 g/mol. The highest BCUT2D eigenvalue weighted by atomic mass is 15.0. The summed E-state index contributed by atoms with van der Waals surface area (Å²) in [6.45, 7) is 0. The lowest BCUT2D eigenvalue weighted by Gasteiger charge is -2.04. The van der Waals surface area contributed by atoms with E-state index < -0.39 is 0 Å². The zero-order valence-corrected chi connectivity index (χ0v) is 7.75. The molecule has 2 aromatic heterocycles. The summed E-state index contributed by atoms with van der Waals surface area (Å²) >= 11 is 0. The van der Waals surface area contributed by atoms with Crippen molar-refractivity contribution in [3.8, 4) is 6.07 Å². The zero-order valence-electron chi connectivity index (χ0n) is 7.75. The Hall–Kier alpha value is -2.48. The van der Waals surface area contributed by atoms with Gasteiger partial charge >= 0.3 is 0 Å². The zero-order chi connectivity index (χ0) is 10.5. The first-order valence-electron chi connectivity index (χ1n) is 4.27. The molecule has 0 saturated heterocycles. The summed E-state index contributed by atoms with van der Waals surface area (Å²) in [6, 6.07) is 5.46. The second-order valence-corrected chi connectivity index (χ2v) is 2.76. The highest BCUT2D eigenvalue weighted by Crippen LogP contribution is 2.15. The van der Waals surface area contributed by atoms with Crippen LogP contribution in [0.5, 0.6) is 0 Å². The van der Waals surface area contributed by atoms with Crippen LogP contribution in [-0.4, -0.2) is 15.0 Å². The first-order chi connectivity index (χ1) is 7.40. The quantitative estimate of drug-likeness (QED) is 0.789. The molecule has 0 amide bonds. The van der Waals surface area contributed by atoms with Gasteiger partial charge in [-0.3, -0.25) is 0 Å². The van der Waals surface area contributed by atoms with Crippen LogP contribution >= 0.6 is 0 Å². The summed E-state index contributed by atoms with van der Waals surface area (Å²) in [5, 5.41) is 11.8. The number of rotatable bonds is 2. The van der Waals surface area contributed by atoms with Crippen molar-refractivity contribution >= 4 is 11.5 Å². The lowest BCUT2D eigenvalue weighted by Crippen LogP contribution is -1.97. The predicted octanol–water partition coefficient (Wildman–Crippen LogP) is 1.49. The summed E-state index contributed by atoms with van der Waals surface area (Å²) in [5.74, 6) is 0.509. The van der Waals surface area contributed by atoms with E-state index in [0.717, 1.165) is 0 Å². The molecule has 72 valence electrons. The average Bonchev–Trinajstić information content (AvgIpc) is 2.31. The molecular formula is C10H7N5. The minimum absolute atomic E-state index is 0.487. The van der Waals surface area contributed by atoms with E-state index in [0.29, 0.717) is 17.1 Å². The third-order valence-corrected chi connectivity index (χ3v) is 1.75. The Morgan fingerprint density at radius 1 is 1.27 bits per heavy atom. The fourth-order valence-electron chi connectivity index (χ4n) is 1.10. The van der Waals surface area contributed by atoms with E-state index in [-0.39, 0.29) is 0 Å². The maximum atomic E-state index is 8.84. The summed E-state index contributed by atoms with van der Waals surface area (Å²) in [4.78, 5) is 11.8. The molecule has 0 aliphatic carbocycles. The summed E-state index contributed by atoms with van der Waals surface area (Å²) in [5.41, 5.74) is 1.19. The first-order valence-corrected chi connectivity index (χ1v) is 4.27. The average molecular weight is 197 g/mol. The smallest absolute Gasteiger partial charge is 0.148 e. The van der Waals surface area contributed by atoms with Crippen molar-refractivity contribution in [2.24, 2.45) is 0 Å². The van der Waals surface area contributed by atoms with Gasteiger partial charge in [-0.15, -0.1) is 0 Å². The summed E-state index contributed by atoms with van der Waals surface area (Å²) in [6.07, 6.45) is 6.29. The van der Waals surface area contributed by atoms with Crippen LogP contribution in [0.25, 0.3) is 0 Å². The SMILES string of the molecule is N#Cc1cccnc1Nc1cncnc1. The van der Waals surface area contributed by atoms with E-state index in [1.54, 1.807) is 30.7 Å². The fraction of sp³-hybridized carbons (Fsp3) is 0. The second kappa shape index (κ2) is 4.15. The van der Waals surface area contributed by atoms with Crippen LogP contribution in [0.2, 0.25) is 0 Å². The third kappa shape index (κ3) is 2.06. The molecule has 2 rings (SSSR count). The number of nitrogens with one attached hydrogen (secondary N) is 1. The molecule has 0 saturated carbocycles. The lowest BCUT2D eigenvalue weighted by atomic mass is 10.3. The molecule has 2 aromatic rings. The van der Waals surface area contributed by atoms with Gasteiger partial charge in [-0.1, -0.05) is 0 Å². The largest absolute Gasteiger partial charge is 0.337 e. The number of hydrogen-bond acceptors (Lipinski definition) is 5. The molecule has 5 heteroatoms. The number of aromatic nitrogens is 3. The molecule has 0 bridgehead atoms. The van der Waals surface area contributed by atoms with E-state index in [1.165, 1.54) is 6.33 Å². The molecule has 5 nitrogen and oxygen atoms in total. The maximum Gasteiger partial charge on any atom is 0.148 e. The van der Waals surface area contributed by atoms with Crippen molar-refractivity contribution in [3.05, 3.63) is 42.6 Å². The van der Waals surface area contributed by atoms with Gasteiger partial charge in [0.05, 0.1) is 23.6 Å². The molecule has 0 aromatic carbocycles. The molecule has 0 atom stereocenters. The molecule has 0 fully saturated rings. The van der Waals surface area contributed by atoms with Gasteiger partial charge in [0.1, 0.15) is 18.2 Å². The van der Waals surface area contributed by atoms with Crippen molar-refractivity contribution in [3.63, 3.8) is 0 Å². The molecule has 0 aliphatic rings. The van der Waals surface area contributed by atoms with Crippen LogP contribution in [-0.2, 0) is 0 Å². The second-order valence-electron chi connectivity index (χ2n) is 2.76. The Labute approximate surface area is 86.5 Å². The monoisotopic (exact) mass is 197 g/mol. The number of nitrogens with zero attached hydrogens (tertiary/aromatic N) is 4. The van der Waals surface area contributed by atoms with Gasteiger partial charge in [0.25, 0.3) is 0 Å². The van der Waals surface area contributed by atoms with Gasteiger partial charge < -0.3 is 5.32 Å². The van der Waals surface area contributed by atoms with Gasteiger partial charge in [0.15, 0.2) is 0 Å². The minimum Gasteiger partial charge on any atom is -0.337 e. The Kier molecular flexibility index (Phi) is 2.52. The molecule has 0 unspecified atom stereocenters. The van der Waals surface area contributed by atoms with E-state index in [1.807, 2.05) is 6.07 Å². The van der Waals surface area contributed by atoms with Gasteiger partial charge in [-0.2, -0.15) is 5.26 Å². The summed E-state index contributed by atoms with van der Waals surface area (Å²) in [7, 11) is 0.